The van der Waals surface area contributed by atoms with Crippen LogP contribution in [0.25, 0.3) is 0 Å². The van der Waals surface area contributed by atoms with E-state index >= 15 is 0 Å². The first-order valence-corrected chi connectivity index (χ1v) is 14.7. The van der Waals surface area contributed by atoms with Crippen LogP contribution in [-0.2, 0) is 9.53 Å². The van der Waals surface area contributed by atoms with E-state index in [-0.39, 0.29) is 11.6 Å². The fraction of sp³-hybridized carbons (Fsp3) is 0.900. The van der Waals surface area contributed by atoms with Crippen LogP contribution in [0.5, 0.6) is 0 Å². The average Bonchev–Trinajstić information content (AvgIpc) is 2.81. The summed E-state index contributed by atoms with van der Waals surface area (Å²) in [6, 6.07) is 0. The van der Waals surface area contributed by atoms with Crippen molar-refractivity contribution in [2.75, 3.05) is 13.1 Å². The molecule has 1 saturated heterocycles. The summed E-state index contributed by atoms with van der Waals surface area (Å²) < 4.78 is 5.86. The number of carbonyl (C=O) groups is 1. The first-order chi connectivity index (χ1) is 16.1. The lowest BCUT2D eigenvalue weighted by molar-refractivity contribution is -0.665. The summed E-state index contributed by atoms with van der Waals surface area (Å²) in [6.07, 6.45) is 30.2. The van der Waals surface area contributed by atoms with Gasteiger partial charge in [-0.2, -0.15) is 0 Å². The van der Waals surface area contributed by atoms with E-state index in [0.717, 1.165) is 25.7 Å². The Morgan fingerprint density at radius 3 is 1.73 bits per heavy atom. The second-order valence-corrected chi connectivity index (χ2v) is 11.0. The van der Waals surface area contributed by atoms with Gasteiger partial charge in [0.25, 0.3) is 0 Å². The van der Waals surface area contributed by atoms with Crippen molar-refractivity contribution in [3.8, 4) is 0 Å². The summed E-state index contributed by atoms with van der Waals surface area (Å²) in [5.74, 6) is 0.531. The SMILES string of the molecule is CCCCCCCC/C=C/CCCCCCCCCCCC(=O)OC(C)(C)C1CC[NH2+]CC1. The van der Waals surface area contributed by atoms with E-state index in [2.05, 4.69) is 38.2 Å². The Morgan fingerprint density at radius 2 is 1.21 bits per heavy atom. The fourth-order valence-corrected chi connectivity index (χ4v) is 5.10. The zero-order valence-corrected chi connectivity index (χ0v) is 22.7. The standard InChI is InChI=1S/C30H57NO2/c1-4-5-6-7-8-9-10-11-12-13-14-15-16-17-18-19-20-21-22-23-29(32)33-30(2,3)28-24-26-31-27-25-28/h11-12,28,31H,4-10,13-27H2,1-3H3/p+1/b12-11+. The molecule has 0 atom stereocenters. The number of nitrogens with two attached hydrogens (primary N) is 1. The monoisotopic (exact) mass is 464 g/mol. The molecule has 1 aliphatic rings. The van der Waals surface area contributed by atoms with Crippen LogP contribution in [0.1, 0.15) is 149 Å². The van der Waals surface area contributed by atoms with E-state index in [4.69, 9.17) is 4.74 Å². The van der Waals surface area contributed by atoms with Gasteiger partial charge in [0.15, 0.2) is 0 Å². The second-order valence-electron chi connectivity index (χ2n) is 11.0. The number of quaternary nitrogens is 1. The summed E-state index contributed by atoms with van der Waals surface area (Å²) in [7, 11) is 0. The van der Waals surface area contributed by atoms with Gasteiger partial charge in [-0.3, -0.25) is 4.79 Å². The molecule has 0 spiro atoms. The highest BCUT2D eigenvalue weighted by Crippen LogP contribution is 2.28. The van der Waals surface area contributed by atoms with Crippen LogP contribution < -0.4 is 5.32 Å². The molecule has 0 amide bonds. The molecule has 0 aromatic rings. The Morgan fingerprint density at radius 1 is 0.758 bits per heavy atom. The third kappa shape index (κ3) is 17.3. The maximum atomic E-state index is 12.2. The van der Waals surface area contributed by atoms with Crippen molar-refractivity contribution in [3.63, 3.8) is 0 Å². The van der Waals surface area contributed by atoms with Gasteiger partial charge in [0.1, 0.15) is 5.60 Å². The van der Waals surface area contributed by atoms with Crippen LogP contribution in [0.2, 0.25) is 0 Å². The number of esters is 1. The predicted octanol–water partition coefficient (Wildman–Crippen LogP) is 7.88. The van der Waals surface area contributed by atoms with E-state index in [1.165, 1.54) is 109 Å². The van der Waals surface area contributed by atoms with Gasteiger partial charge in [-0.1, -0.05) is 96.1 Å². The summed E-state index contributed by atoms with van der Waals surface area (Å²) in [5.41, 5.74) is -0.297. The van der Waals surface area contributed by atoms with Gasteiger partial charge in [0, 0.05) is 25.2 Å². The Bertz CT molecular complexity index is 480. The highest BCUT2D eigenvalue weighted by Gasteiger charge is 2.35. The van der Waals surface area contributed by atoms with E-state index < -0.39 is 0 Å². The minimum absolute atomic E-state index is 0.00979. The van der Waals surface area contributed by atoms with E-state index in [1.54, 1.807) is 0 Å². The Labute approximate surface area is 206 Å². The third-order valence-corrected chi connectivity index (χ3v) is 7.44. The van der Waals surface area contributed by atoms with Crippen LogP contribution >= 0.6 is 0 Å². The molecule has 0 aromatic heterocycles. The first-order valence-electron chi connectivity index (χ1n) is 14.7. The van der Waals surface area contributed by atoms with Crippen LogP contribution in [0.4, 0.5) is 0 Å². The minimum atomic E-state index is -0.297. The van der Waals surface area contributed by atoms with Gasteiger partial charge < -0.3 is 10.1 Å². The molecular weight excluding hydrogens is 406 g/mol. The van der Waals surface area contributed by atoms with Gasteiger partial charge in [-0.05, 0) is 46.0 Å². The molecular formula is C30H58NO2+. The minimum Gasteiger partial charge on any atom is -0.459 e. The summed E-state index contributed by atoms with van der Waals surface area (Å²) in [6.45, 7) is 8.83. The zero-order valence-electron chi connectivity index (χ0n) is 22.7. The van der Waals surface area contributed by atoms with Gasteiger partial charge in [0.2, 0.25) is 0 Å². The van der Waals surface area contributed by atoms with Gasteiger partial charge in [-0.25, -0.2) is 0 Å². The fourth-order valence-electron chi connectivity index (χ4n) is 5.10. The van der Waals surface area contributed by atoms with E-state index in [1.807, 2.05) is 0 Å². The largest absolute Gasteiger partial charge is 0.459 e. The molecule has 1 heterocycles. The molecule has 0 bridgehead atoms. The molecule has 1 fully saturated rings. The average molecular weight is 465 g/mol. The molecule has 33 heavy (non-hydrogen) atoms. The van der Waals surface area contributed by atoms with Crippen molar-refractivity contribution < 1.29 is 14.8 Å². The molecule has 0 aliphatic carbocycles. The normalized spacial score (nSPS) is 15.4. The molecule has 0 unspecified atom stereocenters. The van der Waals surface area contributed by atoms with Crippen LogP contribution in [0.15, 0.2) is 12.2 Å². The smallest absolute Gasteiger partial charge is 0.306 e. The highest BCUT2D eigenvalue weighted by atomic mass is 16.6. The molecule has 0 radical (unpaired) electrons. The molecule has 3 heteroatoms. The van der Waals surface area contributed by atoms with Gasteiger partial charge >= 0.3 is 5.97 Å². The molecule has 194 valence electrons. The van der Waals surface area contributed by atoms with Crippen LogP contribution in [0, 0.1) is 5.92 Å². The molecule has 2 N–H and O–H groups in total. The van der Waals surface area contributed by atoms with E-state index in [0.29, 0.717) is 12.3 Å². The maximum Gasteiger partial charge on any atom is 0.306 e. The molecule has 1 rings (SSSR count). The zero-order chi connectivity index (χ0) is 24.0. The van der Waals surface area contributed by atoms with Crippen LogP contribution in [-0.4, -0.2) is 24.7 Å². The summed E-state index contributed by atoms with van der Waals surface area (Å²) >= 11 is 0. The van der Waals surface area contributed by atoms with Crippen molar-refractivity contribution >= 4 is 5.97 Å². The maximum absolute atomic E-state index is 12.2. The Kier molecular flexibility index (Phi) is 18.8. The number of unbranched alkanes of at least 4 members (excludes halogenated alkanes) is 15. The molecule has 0 aromatic carbocycles. The third-order valence-electron chi connectivity index (χ3n) is 7.44. The predicted molar refractivity (Wildman–Crippen MR) is 142 cm³/mol. The number of carbonyl (C=O) groups excluding carboxylic acids is 1. The lowest BCUT2D eigenvalue weighted by atomic mass is 9.83. The van der Waals surface area contributed by atoms with Crippen molar-refractivity contribution in [1.82, 2.24) is 0 Å². The number of allylic oxidation sites excluding steroid dienone is 2. The summed E-state index contributed by atoms with van der Waals surface area (Å²) in [4.78, 5) is 12.2. The topological polar surface area (TPSA) is 42.9 Å². The lowest BCUT2D eigenvalue weighted by Gasteiger charge is -2.35. The van der Waals surface area contributed by atoms with Gasteiger partial charge in [0.05, 0.1) is 13.1 Å². The quantitative estimate of drug-likeness (QED) is 0.107. The van der Waals surface area contributed by atoms with Crippen molar-refractivity contribution in [2.24, 2.45) is 5.92 Å². The first kappa shape index (κ1) is 30.2. The van der Waals surface area contributed by atoms with Crippen molar-refractivity contribution in [2.45, 2.75) is 155 Å². The van der Waals surface area contributed by atoms with Crippen molar-refractivity contribution in [1.29, 1.82) is 0 Å². The molecule has 1 aliphatic heterocycles. The number of hydrogen-bond acceptors (Lipinski definition) is 2. The lowest BCUT2D eigenvalue weighted by Crippen LogP contribution is -2.86. The van der Waals surface area contributed by atoms with Crippen LogP contribution in [0.3, 0.4) is 0 Å². The van der Waals surface area contributed by atoms with E-state index in [9.17, 15) is 4.79 Å². The Hall–Kier alpha value is -0.830. The van der Waals surface area contributed by atoms with Gasteiger partial charge in [-0.15, -0.1) is 0 Å². The summed E-state index contributed by atoms with van der Waals surface area (Å²) in [5, 5.41) is 2.37. The number of ether oxygens (including phenoxy) is 1. The number of rotatable bonds is 21. The number of hydrogen-bond donors (Lipinski definition) is 1. The highest BCUT2D eigenvalue weighted by molar-refractivity contribution is 5.69. The molecule has 3 nitrogen and oxygen atoms in total. The second kappa shape index (κ2) is 20.5. The Balaban J connectivity index is 1.83. The van der Waals surface area contributed by atoms with Crippen molar-refractivity contribution in [3.05, 3.63) is 12.2 Å². The number of piperidine rings is 1. The molecule has 0 saturated carbocycles.